The summed E-state index contributed by atoms with van der Waals surface area (Å²) in [4.78, 5) is 10.2. The fraction of sp³-hybridized carbons (Fsp3) is 0.300. The second-order valence-corrected chi connectivity index (χ2v) is 7.19. The zero-order valence-corrected chi connectivity index (χ0v) is 18.3. The number of rotatable bonds is 6. The van der Waals surface area contributed by atoms with E-state index in [1.54, 1.807) is 11.3 Å². The van der Waals surface area contributed by atoms with Gasteiger partial charge in [0.05, 0.1) is 6.54 Å². The normalized spacial score (nSPS) is 11.2. The number of nitrogens with zero attached hydrogens (tertiary/aromatic N) is 2. The van der Waals surface area contributed by atoms with Crippen LogP contribution in [0.15, 0.2) is 53.7 Å². The van der Waals surface area contributed by atoms with Gasteiger partial charge in [0.1, 0.15) is 5.01 Å². The number of aliphatic imine (C=N–C) groups is 1. The van der Waals surface area contributed by atoms with Gasteiger partial charge in [0.15, 0.2) is 5.96 Å². The number of nitrogens with one attached hydrogen (secondary N) is 2. The Kier molecular flexibility index (Phi) is 8.31. The highest BCUT2D eigenvalue weighted by Crippen LogP contribution is 2.18. The van der Waals surface area contributed by atoms with E-state index >= 15 is 0 Å². The summed E-state index contributed by atoms with van der Waals surface area (Å²) in [6.07, 6.45) is 2.86. The standard InChI is InChI=1S/C20H24N4S.HI/c1-3-21-20(24-14-19-23-13-15(2)25-19)22-12-11-17-9-6-8-16-7-4-5-10-18(16)17;/h4-10,13H,3,11-12,14H2,1-2H3,(H2,21,22,24);1H. The summed E-state index contributed by atoms with van der Waals surface area (Å²) in [5.41, 5.74) is 1.36. The van der Waals surface area contributed by atoms with Crippen molar-refractivity contribution in [3.05, 3.63) is 64.1 Å². The van der Waals surface area contributed by atoms with E-state index in [1.165, 1.54) is 21.2 Å². The number of guanidine groups is 1. The van der Waals surface area contributed by atoms with Crippen molar-refractivity contribution in [2.75, 3.05) is 13.1 Å². The molecule has 0 spiro atoms. The van der Waals surface area contributed by atoms with Crippen molar-refractivity contribution < 1.29 is 0 Å². The van der Waals surface area contributed by atoms with Gasteiger partial charge in [-0.15, -0.1) is 35.3 Å². The first-order valence-corrected chi connectivity index (χ1v) is 9.48. The van der Waals surface area contributed by atoms with E-state index < -0.39 is 0 Å². The van der Waals surface area contributed by atoms with Crippen LogP contribution in [0.1, 0.15) is 22.4 Å². The van der Waals surface area contributed by atoms with Gasteiger partial charge in [0, 0.05) is 24.2 Å². The van der Waals surface area contributed by atoms with Crippen LogP contribution in [-0.4, -0.2) is 24.0 Å². The van der Waals surface area contributed by atoms with Crippen molar-refractivity contribution in [2.45, 2.75) is 26.8 Å². The number of aryl methyl sites for hydroxylation is 1. The van der Waals surface area contributed by atoms with E-state index in [-0.39, 0.29) is 24.0 Å². The Morgan fingerprint density at radius 3 is 2.69 bits per heavy atom. The molecule has 0 atom stereocenters. The third kappa shape index (κ3) is 5.67. The number of benzene rings is 2. The molecule has 3 rings (SSSR count). The SMILES string of the molecule is CCNC(=NCc1ncc(C)s1)NCCc1cccc2ccccc12.I. The topological polar surface area (TPSA) is 49.3 Å². The number of hydrogen-bond donors (Lipinski definition) is 2. The van der Waals surface area contributed by atoms with Gasteiger partial charge in [-0.3, -0.25) is 0 Å². The molecule has 1 heterocycles. The largest absolute Gasteiger partial charge is 0.357 e. The van der Waals surface area contributed by atoms with Gasteiger partial charge < -0.3 is 10.6 Å². The molecule has 0 aliphatic heterocycles. The monoisotopic (exact) mass is 480 g/mol. The van der Waals surface area contributed by atoms with Crippen molar-refractivity contribution in [3.8, 4) is 0 Å². The summed E-state index contributed by atoms with van der Waals surface area (Å²) in [7, 11) is 0. The molecule has 0 unspecified atom stereocenters. The molecule has 2 N–H and O–H groups in total. The second-order valence-electron chi connectivity index (χ2n) is 5.87. The van der Waals surface area contributed by atoms with Crippen LogP contribution < -0.4 is 10.6 Å². The van der Waals surface area contributed by atoms with Crippen LogP contribution in [0.2, 0.25) is 0 Å². The zero-order valence-electron chi connectivity index (χ0n) is 15.2. The minimum atomic E-state index is 0. The molecule has 0 radical (unpaired) electrons. The third-order valence-electron chi connectivity index (χ3n) is 3.95. The van der Waals surface area contributed by atoms with Crippen molar-refractivity contribution in [1.29, 1.82) is 0 Å². The molecule has 2 aromatic carbocycles. The maximum absolute atomic E-state index is 4.63. The molecule has 1 aromatic heterocycles. The van der Waals surface area contributed by atoms with Crippen molar-refractivity contribution in [2.24, 2.45) is 4.99 Å². The number of halogens is 1. The summed E-state index contributed by atoms with van der Waals surface area (Å²) in [5, 5.41) is 10.4. The molecule has 3 aromatic rings. The highest BCUT2D eigenvalue weighted by atomic mass is 127. The van der Waals surface area contributed by atoms with E-state index in [2.05, 4.69) is 76.9 Å². The summed E-state index contributed by atoms with van der Waals surface area (Å²) >= 11 is 1.70. The number of fused-ring (bicyclic) bond motifs is 1. The quantitative estimate of drug-likeness (QED) is 0.310. The Morgan fingerprint density at radius 1 is 1.12 bits per heavy atom. The van der Waals surface area contributed by atoms with Crippen LogP contribution in [0.25, 0.3) is 10.8 Å². The second kappa shape index (κ2) is 10.5. The first-order chi connectivity index (χ1) is 12.3. The molecule has 26 heavy (non-hydrogen) atoms. The highest BCUT2D eigenvalue weighted by Gasteiger charge is 2.03. The summed E-state index contributed by atoms with van der Waals surface area (Å²) < 4.78 is 0. The Hall–Kier alpha value is -1.67. The van der Waals surface area contributed by atoms with Crippen LogP contribution >= 0.6 is 35.3 Å². The maximum Gasteiger partial charge on any atom is 0.191 e. The molecular weight excluding hydrogens is 455 g/mol. The molecule has 4 nitrogen and oxygen atoms in total. The van der Waals surface area contributed by atoms with Gasteiger partial charge in [-0.05, 0) is 36.6 Å². The Balaban J connectivity index is 0.00000243. The molecule has 138 valence electrons. The maximum atomic E-state index is 4.63. The van der Waals surface area contributed by atoms with Gasteiger partial charge >= 0.3 is 0 Å². The Labute approximate surface area is 176 Å². The molecule has 0 saturated carbocycles. The fourth-order valence-electron chi connectivity index (χ4n) is 2.79. The van der Waals surface area contributed by atoms with Crippen molar-refractivity contribution in [1.82, 2.24) is 15.6 Å². The molecule has 0 aliphatic rings. The van der Waals surface area contributed by atoms with Gasteiger partial charge in [-0.1, -0.05) is 42.5 Å². The van der Waals surface area contributed by atoms with E-state index in [0.717, 1.165) is 30.5 Å². The van der Waals surface area contributed by atoms with Gasteiger partial charge in [-0.2, -0.15) is 0 Å². The first kappa shape index (κ1) is 20.6. The predicted octanol–water partition coefficient (Wildman–Crippen LogP) is 4.52. The molecule has 0 aliphatic carbocycles. The summed E-state index contributed by atoms with van der Waals surface area (Å²) in [6.45, 7) is 6.45. The van der Waals surface area contributed by atoms with Gasteiger partial charge in [0.25, 0.3) is 0 Å². The minimum absolute atomic E-state index is 0. The molecular formula is C20H25IN4S. The van der Waals surface area contributed by atoms with E-state index in [4.69, 9.17) is 0 Å². The Bertz CT molecular complexity index is 854. The van der Waals surface area contributed by atoms with Crippen molar-refractivity contribution >= 4 is 52.0 Å². The highest BCUT2D eigenvalue weighted by molar-refractivity contribution is 14.0. The van der Waals surface area contributed by atoms with E-state index in [1.807, 2.05) is 6.20 Å². The van der Waals surface area contributed by atoms with Gasteiger partial charge in [-0.25, -0.2) is 9.98 Å². The minimum Gasteiger partial charge on any atom is -0.357 e. The number of hydrogen-bond acceptors (Lipinski definition) is 3. The van der Waals surface area contributed by atoms with Gasteiger partial charge in [0.2, 0.25) is 0 Å². The van der Waals surface area contributed by atoms with Crippen LogP contribution in [0.5, 0.6) is 0 Å². The van der Waals surface area contributed by atoms with E-state index in [0.29, 0.717) is 6.54 Å². The number of aromatic nitrogens is 1. The predicted molar refractivity (Wildman–Crippen MR) is 123 cm³/mol. The van der Waals surface area contributed by atoms with E-state index in [9.17, 15) is 0 Å². The molecule has 0 saturated heterocycles. The lowest BCUT2D eigenvalue weighted by atomic mass is 10.0. The average Bonchev–Trinajstić information content (AvgIpc) is 3.05. The Morgan fingerprint density at radius 2 is 1.92 bits per heavy atom. The summed E-state index contributed by atoms with van der Waals surface area (Å²) in [6, 6.07) is 15.0. The van der Waals surface area contributed by atoms with Crippen LogP contribution in [0.3, 0.4) is 0 Å². The van der Waals surface area contributed by atoms with Crippen LogP contribution in [-0.2, 0) is 13.0 Å². The third-order valence-corrected chi connectivity index (χ3v) is 4.85. The summed E-state index contributed by atoms with van der Waals surface area (Å²) in [5.74, 6) is 0.843. The molecule has 0 amide bonds. The smallest absolute Gasteiger partial charge is 0.191 e. The van der Waals surface area contributed by atoms with Crippen LogP contribution in [0.4, 0.5) is 0 Å². The fourth-order valence-corrected chi connectivity index (χ4v) is 3.50. The molecule has 0 bridgehead atoms. The number of thiazole rings is 1. The van der Waals surface area contributed by atoms with Crippen molar-refractivity contribution in [3.63, 3.8) is 0 Å². The lowest BCUT2D eigenvalue weighted by molar-refractivity contribution is 0.801. The first-order valence-electron chi connectivity index (χ1n) is 8.66. The average molecular weight is 480 g/mol. The lowest BCUT2D eigenvalue weighted by Gasteiger charge is -2.12. The molecule has 0 fully saturated rings. The van der Waals surface area contributed by atoms with Crippen LogP contribution in [0, 0.1) is 6.92 Å². The molecule has 6 heteroatoms. The zero-order chi connectivity index (χ0) is 17.5. The lowest BCUT2D eigenvalue weighted by Crippen LogP contribution is -2.38.